The lowest BCUT2D eigenvalue weighted by Gasteiger charge is -2.34. The Balaban J connectivity index is 2.39. The highest BCUT2D eigenvalue weighted by Crippen LogP contribution is 2.45. The molecule has 1 heterocycles. The number of aromatic hydroxyl groups is 1. The third-order valence-corrected chi connectivity index (χ3v) is 3.81. The number of phenols is 1. The molecule has 7 heteroatoms. The van der Waals surface area contributed by atoms with Gasteiger partial charge >= 0.3 is 6.18 Å². The lowest BCUT2D eigenvalue weighted by atomic mass is 9.84. The Labute approximate surface area is 120 Å². The Morgan fingerprint density at radius 2 is 2.19 bits per heavy atom. The highest BCUT2D eigenvalue weighted by molar-refractivity contribution is 5.98. The lowest BCUT2D eigenvalue weighted by Crippen LogP contribution is -2.53. The van der Waals surface area contributed by atoms with E-state index in [0.29, 0.717) is 0 Å². The van der Waals surface area contributed by atoms with Crippen LogP contribution in [-0.2, 0) is 4.79 Å². The van der Waals surface area contributed by atoms with Gasteiger partial charge in [-0.1, -0.05) is 6.07 Å². The van der Waals surface area contributed by atoms with Gasteiger partial charge < -0.3 is 15.3 Å². The molecule has 2 rings (SSSR count). The van der Waals surface area contributed by atoms with Crippen LogP contribution in [0.5, 0.6) is 5.75 Å². The largest absolute Gasteiger partial charge is 0.508 e. The zero-order valence-electron chi connectivity index (χ0n) is 11.6. The van der Waals surface area contributed by atoms with Gasteiger partial charge in [-0.3, -0.25) is 4.79 Å². The fourth-order valence-corrected chi connectivity index (χ4v) is 2.60. The lowest BCUT2D eigenvalue weighted by molar-refractivity contribution is -0.214. The highest BCUT2D eigenvalue weighted by Gasteiger charge is 2.62. The summed E-state index contributed by atoms with van der Waals surface area (Å²) in [5.41, 5.74) is -2.13. The van der Waals surface area contributed by atoms with E-state index in [9.17, 15) is 23.1 Å². The van der Waals surface area contributed by atoms with E-state index < -0.39 is 24.0 Å². The number of carbonyl (C=O) groups is 1. The molecule has 0 spiro atoms. The summed E-state index contributed by atoms with van der Waals surface area (Å²) in [6.45, 7) is 1.45. The molecule has 0 aliphatic carbocycles. The molecule has 1 aliphatic heterocycles. The Hall–Kier alpha value is -1.76. The standard InChI is InChI=1S/C14H17F3N2O2/c1-2-19(10-4-3-5-11(20)8-10)12(21)13(14(15,16)17)6-7-18-9-13/h3-5,8,18,20H,2,6-7,9H2,1H3. The first kappa shape index (κ1) is 15.6. The summed E-state index contributed by atoms with van der Waals surface area (Å²) in [6, 6.07) is 5.69. The summed E-state index contributed by atoms with van der Waals surface area (Å²) < 4.78 is 40.3. The molecular formula is C14H17F3N2O2. The average molecular weight is 302 g/mol. The van der Waals surface area contributed by atoms with Gasteiger partial charge in [-0.05, 0) is 32.0 Å². The molecule has 1 saturated heterocycles. The molecule has 21 heavy (non-hydrogen) atoms. The van der Waals surface area contributed by atoms with Crippen LogP contribution in [0.4, 0.5) is 18.9 Å². The van der Waals surface area contributed by atoms with E-state index in [4.69, 9.17) is 0 Å². The number of hydrogen-bond acceptors (Lipinski definition) is 3. The van der Waals surface area contributed by atoms with E-state index >= 15 is 0 Å². The maximum Gasteiger partial charge on any atom is 0.404 e. The number of benzene rings is 1. The first-order valence-corrected chi connectivity index (χ1v) is 6.70. The monoisotopic (exact) mass is 302 g/mol. The van der Waals surface area contributed by atoms with Crippen molar-refractivity contribution in [1.82, 2.24) is 5.32 Å². The molecule has 1 aliphatic rings. The Bertz CT molecular complexity index is 525. The number of anilines is 1. The van der Waals surface area contributed by atoms with Crippen molar-refractivity contribution < 1.29 is 23.1 Å². The number of rotatable bonds is 3. The van der Waals surface area contributed by atoms with Crippen molar-refractivity contribution in [2.75, 3.05) is 24.5 Å². The van der Waals surface area contributed by atoms with Crippen molar-refractivity contribution in [3.63, 3.8) is 0 Å². The zero-order valence-corrected chi connectivity index (χ0v) is 11.6. The Morgan fingerprint density at radius 3 is 2.67 bits per heavy atom. The van der Waals surface area contributed by atoms with Crippen molar-refractivity contribution >= 4 is 11.6 Å². The minimum Gasteiger partial charge on any atom is -0.508 e. The summed E-state index contributed by atoms with van der Waals surface area (Å²) >= 11 is 0. The molecule has 1 fully saturated rings. The molecule has 0 bridgehead atoms. The second-order valence-electron chi connectivity index (χ2n) is 5.08. The number of hydrogen-bond donors (Lipinski definition) is 2. The third kappa shape index (κ3) is 2.70. The normalized spacial score (nSPS) is 22.3. The van der Waals surface area contributed by atoms with Crippen LogP contribution in [0.25, 0.3) is 0 Å². The third-order valence-electron chi connectivity index (χ3n) is 3.81. The van der Waals surface area contributed by atoms with Crippen LogP contribution in [0.1, 0.15) is 13.3 Å². The van der Waals surface area contributed by atoms with Crippen LogP contribution < -0.4 is 10.2 Å². The van der Waals surface area contributed by atoms with Gasteiger partial charge in [0.2, 0.25) is 5.91 Å². The predicted octanol–water partition coefficient (Wildman–Crippen LogP) is 2.29. The van der Waals surface area contributed by atoms with Crippen molar-refractivity contribution in [2.24, 2.45) is 5.41 Å². The van der Waals surface area contributed by atoms with E-state index in [0.717, 1.165) is 4.90 Å². The maximum absolute atomic E-state index is 13.4. The second kappa shape index (κ2) is 5.55. The predicted molar refractivity (Wildman–Crippen MR) is 72.1 cm³/mol. The number of alkyl halides is 3. The van der Waals surface area contributed by atoms with Crippen molar-refractivity contribution in [1.29, 1.82) is 0 Å². The summed E-state index contributed by atoms with van der Waals surface area (Å²) in [6.07, 6.45) is -4.89. The van der Waals surface area contributed by atoms with Crippen molar-refractivity contribution in [3.8, 4) is 5.75 Å². The van der Waals surface area contributed by atoms with Gasteiger partial charge in [0.15, 0.2) is 5.41 Å². The second-order valence-corrected chi connectivity index (χ2v) is 5.08. The van der Waals surface area contributed by atoms with Crippen LogP contribution in [0.2, 0.25) is 0 Å². The first-order valence-electron chi connectivity index (χ1n) is 6.70. The molecule has 1 amide bonds. The van der Waals surface area contributed by atoms with Gasteiger partial charge in [0.1, 0.15) is 5.75 Å². The van der Waals surface area contributed by atoms with Gasteiger partial charge in [-0.15, -0.1) is 0 Å². The SMILES string of the molecule is CCN(C(=O)C1(C(F)(F)F)CCNC1)c1cccc(O)c1. The number of phenolic OH excluding ortho intramolecular Hbond substituents is 1. The number of nitrogens with one attached hydrogen (secondary N) is 1. The fourth-order valence-electron chi connectivity index (χ4n) is 2.60. The van der Waals surface area contributed by atoms with Gasteiger partial charge in [-0.2, -0.15) is 13.2 Å². The summed E-state index contributed by atoms with van der Waals surface area (Å²) in [5.74, 6) is -1.07. The number of amides is 1. The molecule has 116 valence electrons. The number of carbonyl (C=O) groups excluding carboxylic acids is 1. The van der Waals surface area contributed by atoms with Crippen molar-refractivity contribution in [3.05, 3.63) is 24.3 Å². The quantitative estimate of drug-likeness (QED) is 0.901. The molecule has 0 aromatic heterocycles. The average Bonchev–Trinajstić information content (AvgIpc) is 2.89. The zero-order chi connectivity index (χ0) is 15.7. The van der Waals surface area contributed by atoms with Gasteiger partial charge in [0.25, 0.3) is 0 Å². The van der Waals surface area contributed by atoms with Crippen LogP contribution in [-0.4, -0.2) is 36.8 Å². The van der Waals surface area contributed by atoms with E-state index in [1.165, 1.54) is 24.3 Å². The van der Waals surface area contributed by atoms with Crippen LogP contribution in [0.3, 0.4) is 0 Å². The highest BCUT2D eigenvalue weighted by atomic mass is 19.4. The van der Waals surface area contributed by atoms with E-state index in [-0.39, 0.29) is 30.9 Å². The summed E-state index contributed by atoms with van der Waals surface area (Å²) in [5, 5.41) is 12.1. The van der Waals surface area contributed by atoms with Crippen LogP contribution in [0, 0.1) is 5.41 Å². The van der Waals surface area contributed by atoms with Crippen molar-refractivity contribution in [2.45, 2.75) is 19.5 Å². The molecule has 1 atom stereocenters. The first-order chi connectivity index (χ1) is 9.82. The minimum absolute atomic E-state index is 0.0932. The van der Waals surface area contributed by atoms with Gasteiger partial charge in [-0.25, -0.2) is 0 Å². The van der Waals surface area contributed by atoms with Gasteiger partial charge in [0.05, 0.1) is 0 Å². The summed E-state index contributed by atoms with van der Waals surface area (Å²) in [4.78, 5) is 13.6. The Kier molecular flexibility index (Phi) is 4.13. The smallest absolute Gasteiger partial charge is 0.404 e. The van der Waals surface area contributed by atoms with E-state index in [2.05, 4.69) is 5.32 Å². The molecule has 4 nitrogen and oxygen atoms in total. The fraction of sp³-hybridized carbons (Fsp3) is 0.500. The van der Waals surface area contributed by atoms with E-state index in [1.54, 1.807) is 6.92 Å². The van der Waals surface area contributed by atoms with Gasteiger partial charge in [0, 0.05) is 24.8 Å². The number of halogens is 3. The maximum atomic E-state index is 13.4. The van der Waals surface area contributed by atoms with E-state index in [1.807, 2.05) is 0 Å². The molecular weight excluding hydrogens is 285 g/mol. The molecule has 1 aromatic carbocycles. The molecule has 1 unspecified atom stereocenters. The molecule has 0 radical (unpaired) electrons. The van der Waals surface area contributed by atoms with Crippen LogP contribution >= 0.6 is 0 Å². The number of nitrogens with zero attached hydrogens (tertiary/aromatic N) is 1. The summed E-state index contributed by atoms with van der Waals surface area (Å²) in [7, 11) is 0. The van der Waals surface area contributed by atoms with Crippen LogP contribution in [0.15, 0.2) is 24.3 Å². The molecule has 2 N–H and O–H groups in total. The molecule has 1 aromatic rings. The topological polar surface area (TPSA) is 52.6 Å². The Morgan fingerprint density at radius 1 is 1.48 bits per heavy atom. The minimum atomic E-state index is -4.61. The molecule has 0 saturated carbocycles.